The van der Waals surface area contributed by atoms with E-state index < -0.39 is 0 Å². The molecule has 0 spiro atoms. The largest absolute Gasteiger partial charge is 0.497 e. The van der Waals surface area contributed by atoms with Crippen LogP contribution in [0.25, 0.3) is 22.2 Å². The van der Waals surface area contributed by atoms with Gasteiger partial charge in [-0.25, -0.2) is 4.98 Å². The molecule has 0 saturated heterocycles. The summed E-state index contributed by atoms with van der Waals surface area (Å²) in [7, 11) is 5.67. The molecule has 0 unspecified atom stereocenters. The Balaban J connectivity index is 1.86. The van der Waals surface area contributed by atoms with E-state index in [-0.39, 0.29) is 0 Å². The number of pyridine rings is 1. The third-order valence-corrected chi connectivity index (χ3v) is 4.65. The molecule has 0 bridgehead atoms. The van der Waals surface area contributed by atoms with Gasteiger partial charge in [-0.3, -0.25) is 0 Å². The number of hydrogen-bond donors (Lipinski definition) is 1. The maximum atomic E-state index is 6.13. The van der Waals surface area contributed by atoms with Crippen LogP contribution in [0.4, 0.5) is 11.5 Å². The molecule has 0 fully saturated rings. The van der Waals surface area contributed by atoms with Crippen molar-refractivity contribution in [3.05, 3.63) is 53.6 Å². The molecule has 0 radical (unpaired) electrons. The number of rotatable bonds is 6. The van der Waals surface area contributed by atoms with Crippen molar-refractivity contribution in [2.24, 2.45) is 0 Å². The second-order valence-electron chi connectivity index (χ2n) is 7.28. The van der Waals surface area contributed by atoms with Crippen molar-refractivity contribution in [2.45, 2.75) is 20.4 Å². The highest BCUT2D eigenvalue weighted by molar-refractivity contribution is 5.92. The molecule has 1 aromatic carbocycles. The highest BCUT2D eigenvalue weighted by Gasteiger charge is 2.18. The van der Waals surface area contributed by atoms with Gasteiger partial charge in [-0.2, -0.15) is 0 Å². The minimum absolute atomic E-state index is 0.635. The van der Waals surface area contributed by atoms with Crippen LogP contribution in [0.2, 0.25) is 0 Å². The van der Waals surface area contributed by atoms with Gasteiger partial charge in [0.25, 0.3) is 0 Å². The third-order valence-electron chi connectivity index (χ3n) is 4.65. The average Bonchev–Trinajstić information content (AvgIpc) is 3.23. The second kappa shape index (κ2) is 7.60. The first-order valence-electron chi connectivity index (χ1n) is 9.37. The molecule has 3 aromatic heterocycles. The minimum atomic E-state index is 0.635. The Labute approximate surface area is 169 Å². The smallest absolute Gasteiger partial charge is 0.176 e. The van der Waals surface area contributed by atoms with E-state index >= 15 is 0 Å². The Hall–Kier alpha value is -3.32. The molecule has 0 aliphatic rings. The van der Waals surface area contributed by atoms with Crippen molar-refractivity contribution in [1.29, 1.82) is 0 Å². The van der Waals surface area contributed by atoms with E-state index in [4.69, 9.17) is 18.7 Å². The highest BCUT2D eigenvalue weighted by atomic mass is 16.5. The Morgan fingerprint density at radius 2 is 1.97 bits per heavy atom. The number of methoxy groups -OCH3 is 1. The number of anilines is 2. The lowest BCUT2D eigenvalue weighted by Gasteiger charge is -2.10. The molecule has 3 heterocycles. The Kier molecular flexibility index (Phi) is 4.98. The van der Waals surface area contributed by atoms with Gasteiger partial charge in [-0.1, -0.05) is 11.2 Å². The summed E-state index contributed by atoms with van der Waals surface area (Å²) in [5, 5.41) is 8.42. The summed E-state index contributed by atoms with van der Waals surface area (Å²) in [5.74, 6) is 3.01. The molecule has 150 valence electrons. The molecule has 4 aromatic rings. The van der Waals surface area contributed by atoms with Crippen LogP contribution in [-0.4, -0.2) is 36.2 Å². The van der Waals surface area contributed by atoms with E-state index in [9.17, 15) is 0 Å². The lowest BCUT2D eigenvalue weighted by Crippen LogP contribution is -2.09. The quantitative estimate of drug-likeness (QED) is 0.499. The number of ether oxygens (including phenoxy) is 1. The van der Waals surface area contributed by atoms with Crippen LogP contribution in [0.15, 0.2) is 45.3 Å². The van der Waals surface area contributed by atoms with Crippen LogP contribution < -0.4 is 10.1 Å². The zero-order valence-corrected chi connectivity index (χ0v) is 17.2. The van der Waals surface area contributed by atoms with Crippen molar-refractivity contribution >= 4 is 22.5 Å². The number of furan rings is 1. The second-order valence-corrected chi connectivity index (χ2v) is 7.28. The fourth-order valence-electron chi connectivity index (χ4n) is 3.39. The van der Waals surface area contributed by atoms with Crippen molar-refractivity contribution in [1.82, 2.24) is 15.0 Å². The summed E-state index contributed by atoms with van der Waals surface area (Å²) in [4.78, 5) is 6.91. The van der Waals surface area contributed by atoms with Gasteiger partial charge in [-0.15, -0.1) is 0 Å². The number of hydrogen-bond acceptors (Lipinski definition) is 7. The number of nitrogens with one attached hydrogen (secondary N) is 1. The van der Waals surface area contributed by atoms with E-state index in [0.29, 0.717) is 17.9 Å². The first-order chi connectivity index (χ1) is 13.9. The van der Waals surface area contributed by atoms with Crippen molar-refractivity contribution in [2.75, 3.05) is 26.5 Å². The van der Waals surface area contributed by atoms with E-state index in [2.05, 4.69) is 21.4 Å². The van der Waals surface area contributed by atoms with Crippen LogP contribution in [0, 0.1) is 13.8 Å². The number of benzene rings is 1. The Morgan fingerprint density at radius 1 is 1.14 bits per heavy atom. The molecule has 0 aliphatic carbocycles. The van der Waals surface area contributed by atoms with E-state index in [1.54, 1.807) is 7.11 Å². The summed E-state index contributed by atoms with van der Waals surface area (Å²) in [6, 6.07) is 11.8. The maximum absolute atomic E-state index is 6.13. The van der Waals surface area contributed by atoms with Crippen LogP contribution in [0.3, 0.4) is 0 Å². The lowest BCUT2D eigenvalue weighted by atomic mass is 10.1. The standard InChI is InChI=1S/C22H24N4O3/c1-13-20(14(2)29-25-13)19-10-15-9-18(12-26(3)4)28-21(15)22(24-19)23-16-7-6-8-17(11-16)27-5/h6-11H,12H2,1-5H3,(H,23,24). The van der Waals surface area contributed by atoms with Gasteiger partial charge in [0, 0.05) is 17.1 Å². The first-order valence-corrected chi connectivity index (χ1v) is 9.37. The van der Waals surface area contributed by atoms with Crippen molar-refractivity contribution in [3.8, 4) is 17.0 Å². The van der Waals surface area contributed by atoms with Gasteiger partial charge >= 0.3 is 0 Å². The molecule has 7 nitrogen and oxygen atoms in total. The first kappa shape index (κ1) is 19.0. The Morgan fingerprint density at radius 3 is 2.66 bits per heavy atom. The van der Waals surface area contributed by atoms with E-state index in [1.165, 1.54) is 0 Å². The molecule has 7 heteroatoms. The molecule has 4 rings (SSSR count). The molecule has 0 aliphatic heterocycles. The summed E-state index contributed by atoms with van der Waals surface area (Å²) < 4.78 is 16.8. The van der Waals surface area contributed by atoms with Crippen LogP contribution in [-0.2, 0) is 6.54 Å². The number of aryl methyl sites for hydroxylation is 2. The number of fused-ring (bicyclic) bond motifs is 1. The van der Waals surface area contributed by atoms with Gasteiger partial charge in [0.2, 0.25) is 0 Å². The molecule has 0 amide bonds. The zero-order chi connectivity index (χ0) is 20.5. The van der Waals surface area contributed by atoms with Gasteiger partial charge in [-0.05, 0) is 52.2 Å². The van der Waals surface area contributed by atoms with Crippen LogP contribution in [0.5, 0.6) is 5.75 Å². The number of nitrogens with zero attached hydrogens (tertiary/aromatic N) is 3. The fraction of sp³-hybridized carbons (Fsp3) is 0.273. The normalized spacial score (nSPS) is 11.4. The van der Waals surface area contributed by atoms with Gasteiger partial charge in [0.15, 0.2) is 11.4 Å². The van der Waals surface area contributed by atoms with Crippen molar-refractivity contribution in [3.63, 3.8) is 0 Å². The maximum Gasteiger partial charge on any atom is 0.176 e. The molecule has 0 saturated carbocycles. The SMILES string of the molecule is COc1cccc(Nc2nc(-c3c(C)noc3C)cc3cc(CN(C)C)oc23)c1. The molecular weight excluding hydrogens is 368 g/mol. The summed E-state index contributed by atoms with van der Waals surface area (Å²) in [6.07, 6.45) is 0. The van der Waals surface area contributed by atoms with Gasteiger partial charge in [0.05, 0.1) is 30.6 Å². The molecule has 0 atom stereocenters. The third kappa shape index (κ3) is 3.82. The van der Waals surface area contributed by atoms with E-state index in [0.717, 1.165) is 45.3 Å². The van der Waals surface area contributed by atoms with Crippen molar-refractivity contribution < 1.29 is 13.7 Å². The zero-order valence-electron chi connectivity index (χ0n) is 17.2. The lowest BCUT2D eigenvalue weighted by molar-refractivity contribution is 0.358. The Bertz CT molecular complexity index is 1140. The summed E-state index contributed by atoms with van der Waals surface area (Å²) in [5.41, 5.74) is 4.06. The predicted molar refractivity (Wildman–Crippen MR) is 113 cm³/mol. The predicted octanol–water partition coefficient (Wildman–Crippen LogP) is 4.91. The monoisotopic (exact) mass is 392 g/mol. The topological polar surface area (TPSA) is 76.6 Å². The number of aromatic nitrogens is 2. The van der Waals surface area contributed by atoms with Gasteiger partial charge < -0.3 is 23.9 Å². The minimum Gasteiger partial charge on any atom is -0.497 e. The average molecular weight is 392 g/mol. The summed E-state index contributed by atoms with van der Waals surface area (Å²) >= 11 is 0. The summed E-state index contributed by atoms with van der Waals surface area (Å²) in [6.45, 7) is 4.51. The molecule has 29 heavy (non-hydrogen) atoms. The van der Waals surface area contributed by atoms with E-state index in [1.807, 2.05) is 58.3 Å². The highest BCUT2D eigenvalue weighted by Crippen LogP contribution is 2.35. The van der Waals surface area contributed by atoms with Crippen LogP contribution >= 0.6 is 0 Å². The molecular formula is C22H24N4O3. The molecule has 1 N–H and O–H groups in total. The van der Waals surface area contributed by atoms with Crippen LogP contribution in [0.1, 0.15) is 17.2 Å². The fourth-order valence-corrected chi connectivity index (χ4v) is 3.39. The van der Waals surface area contributed by atoms with Gasteiger partial charge in [0.1, 0.15) is 17.3 Å².